The SMILES string of the molecule is CCC(C=O)c1ccc(F)cc1.CNCc1cc(C2CC2)cc(C)c1F. The summed E-state index contributed by atoms with van der Waals surface area (Å²) in [7, 11) is 1.85. The topological polar surface area (TPSA) is 29.1 Å². The van der Waals surface area contributed by atoms with Crippen molar-refractivity contribution in [2.75, 3.05) is 7.05 Å². The van der Waals surface area contributed by atoms with Gasteiger partial charge in [0.2, 0.25) is 0 Å². The van der Waals surface area contributed by atoms with Crippen molar-refractivity contribution in [3.8, 4) is 0 Å². The van der Waals surface area contributed by atoms with Crippen molar-refractivity contribution in [1.29, 1.82) is 0 Å². The average molecular weight is 359 g/mol. The van der Waals surface area contributed by atoms with Crippen LogP contribution in [-0.2, 0) is 11.3 Å². The normalized spacial score (nSPS) is 14.3. The first-order valence-electron chi connectivity index (χ1n) is 9.14. The minimum absolute atomic E-state index is 0.0521. The van der Waals surface area contributed by atoms with Crippen LogP contribution < -0.4 is 5.32 Å². The van der Waals surface area contributed by atoms with Gasteiger partial charge >= 0.3 is 0 Å². The van der Waals surface area contributed by atoms with Gasteiger partial charge in [0.1, 0.15) is 17.9 Å². The first kappa shape index (κ1) is 20.2. The molecule has 2 aromatic carbocycles. The van der Waals surface area contributed by atoms with Crippen LogP contribution in [0.25, 0.3) is 0 Å². The Balaban J connectivity index is 0.000000190. The third kappa shape index (κ3) is 5.46. The molecule has 0 aromatic heterocycles. The van der Waals surface area contributed by atoms with E-state index in [1.165, 1.54) is 30.5 Å². The molecule has 140 valence electrons. The second-order valence-corrected chi connectivity index (χ2v) is 6.82. The van der Waals surface area contributed by atoms with Crippen molar-refractivity contribution in [3.05, 3.63) is 70.3 Å². The molecular weight excluding hydrogens is 332 g/mol. The molecule has 0 heterocycles. The number of rotatable bonds is 6. The first-order chi connectivity index (χ1) is 12.5. The molecule has 0 amide bonds. The summed E-state index contributed by atoms with van der Waals surface area (Å²) in [6.45, 7) is 4.40. The number of carbonyl (C=O) groups is 1. The van der Waals surface area contributed by atoms with E-state index in [9.17, 15) is 13.6 Å². The van der Waals surface area contributed by atoms with Gasteiger partial charge in [-0.3, -0.25) is 0 Å². The van der Waals surface area contributed by atoms with Crippen LogP contribution in [0.2, 0.25) is 0 Å². The Labute approximate surface area is 154 Å². The number of benzene rings is 2. The third-order valence-electron chi connectivity index (χ3n) is 4.67. The molecule has 2 aromatic rings. The van der Waals surface area contributed by atoms with E-state index in [4.69, 9.17) is 0 Å². The average Bonchev–Trinajstić information content (AvgIpc) is 3.47. The lowest BCUT2D eigenvalue weighted by Crippen LogP contribution is -2.08. The lowest BCUT2D eigenvalue weighted by molar-refractivity contribution is -0.109. The van der Waals surface area contributed by atoms with Crippen LogP contribution in [0.5, 0.6) is 0 Å². The van der Waals surface area contributed by atoms with Crippen molar-refractivity contribution in [2.45, 2.75) is 51.5 Å². The Morgan fingerprint density at radius 2 is 1.85 bits per heavy atom. The molecule has 2 nitrogen and oxygen atoms in total. The Bertz CT molecular complexity index is 724. The first-order valence-corrected chi connectivity index (χ1v) is 9.14. The van der Waals surface area contributed by atoms with Gasteiger partial charge in [0.05, 0.1) is 0 Å². The summed E-state index contributed by atoms with van der Waals surface area (Å²) in [4.78, 5) is 10.5. The largest absolute Gasteiger partial charge is 0.316 e. The summed E-state index contributed by atoms with van der Waals surface area (Å²) in [5, 5.41) is 3.00. The third-order valence-corrected chi connectivity index (χ3v) is 4.67. The lowest BCUT2D eigenvalue weighted by Gasteiger charge is -2.08. The number of halogens is 2. The zero-order valence-electron chi connectivity index (χ0n) is 15.7. The second kappa shape index (κ2) is 9.58. The zero-order chi connectivity index (χ0) is 19.1. The van der Waals surface area contributed by atoms with Crippen LogP contribution >= 0.6 is 0 Å². The molecule has 3 rings (SSSR count). The molecule has 0 radical (unpaired) electrons. The monoisotopic (exact) mass is 359 g/mol. The van der Waals surface area contributed by atoms with Gasteiger partial charge in [0.15, 0.2) is 0 Å². The fourth-order valence-corrected chi connectivity index (χ4v) is 2.96. The highest BCUT2D eigenvalue weighted by Gasteiger charge is 2.24. The molecule has 1 saturated carbocycles. The van der Waals surface area contributed by atoms with E-state index in [0.717, 1.165) is 29.4 Å². The van der Waals surface area contributed by atoms with Crippen LogP contribution in [0.1, 0.15) is 60.3 Å². The van der Waals surface area contributed by atoms with E-state index >= 15 is 0 Å². The van der Waals surface area contributed by atoms with Crippen molar-refractivity contribution >= 4 is 6.29 Å². The predicted octanol–water partition coefficient (Wildman–Crippen LogP) is 5.25. The van der Waals surface area contributed by atoms with Crippen LogP contribution in [0.3, 0.4) is 0 Å². The Morgan fingerprint density at radius 3 is 2.35 bits per heavy atom. The Kier molecular flexibility index (Phi) is 7.46. The quantitative estimate of drug-likeness (QED) is 0.714. The van der Waals surface area contributed by atoms with Crippen molar-refractivity contribution in [3.63, 3.8) is 0 Å². The molecule has 0 bridgehead atoms. The molecule has 1 fully saturated rings. The van der Waals surface area contributed by atoms with Crippen molar-refractivity contribution < 1.29 is 13.6 Å². The minimum atomic E-state index is -0.264. The maximum absolute atomic E-state index is 13.6. The summed E-state index contributed by atoms with van der Waals surface area (Å²) in [5.74, 6) is 0.291. The van der Waals surface area contributed by atoms with E-state index in [0.29, 0.717) is 12.5 Å². The molecule has 1 unspecified atom stereocenters. The fraction of sp³-hybridized carbons (Fsp3) is 0.409. The number of hydrogen-bond donors (Lipinski definition) is 1. The summed E-state index contributed by atoms with van der Waals surface area (Å²) < 4.78 is 26.1. The fourth-order valence-electron chi connectivity index (χ4n) is 2.96. The van der Waals surface area contributed by atoms with Gasteiger partial charge in [-0.05, 0) is 68.0 Å². The Hall–Kier alpha value is -2.07. The number of carbonyl (C=O) groups excluding carboxylic acids is 1. The maximum atomic E-state index is 13.6. The molecule has 1 atom stereocenters. The van der Waals surface area contributed by atoms with E-state index < -0.39 is 0 Å². The molecule has 0 saturated heterocycles. The Morgan fingerprint density at radius 1 is 1.19 bits per heavy atom. The molecule has 1 aliphatic rings. The standard InChI is InChI=1S/C12H16FN.C10H11FO/c1-8-5-10(9-3-4-9)6-11(7-14-2)12(8)13;1-2-8(7-12)9-3-5-10(11)6-4-9/h5-6,9,14H,3-4,7H2,1-2H3;3-8H,2H2,1H3. The van der Waals surface area contributed by atoms with Gasteiger partial charge in [-0.1, -0.05) is 31.2 Å². The zero-order valence-corrected chi connectivity index (χ0v) is 15.7. The van der Waals surface area contributed by atoms with E-state index in [1.54, 1.807) is 12.1 Å². The number of hydrogen-bond acceptors (Lipinski definition) is 2. The maximum Gasteiger partial charge on any atom is 0.130 e. The van der Waals surface area contributed by atoms with E-state index in [1.807, 2.05) is 33.0 Å². The molecule has 26 heavy (non-hydrogen) atoms. The van der Waals surface area contributed by atoms with Gasteiger partial charge in [-0.15, -0.1) is 0 Å². The van der Waals surface area contributed by atoms with Gasteiger partial charge in [-0.2, -0.15) is 0 Å². The molecule has 0 spiro atoms. The predicted molar refractivity (Wildman–Crippen MR) is 101 cm³/mol. The minimum Gasteiger partial charge on any atom is -0.316 e. The molecule has 4 heteroatoms. The second-order valence-electron chi connectivity index (χ2n) is 6.82. The van der Waals surface area contributed by atoms with Crippen LogP contribution in [0.15, 0.2) is 36.4 Å². The molecular formula is C22H27F2NO. The number of aldehydes is 1. The highest BCUT2D eigenvalue weighted by atomic mass is 19.1. The van der Waals surface area contributed by atoms with Crippen LogP contribution in [0.4, 0.5) is 8.78 Å². The number of aryl methyl sites for hydroxylation is 1. The van der Waals surface area contributed by atoms with Crippen LogP contribution in [-0.4, -0.2) is 13.3 Å². The van der Waals surface area contributed by atoms with Crippen molar-refractivity contribution in [2.24, 2.45) is 0 Å². The summed E-state index contributed by atoms with van der Waals surface area (Å²) in [6.07, 6.45) is 4.19. The molecule has 1 aliphatic carbocycles. The lowest BCUT2D eigenvalue weighted by atomic mass is 9.98. The van der Waals surface area contributed by atoms with E-state index in [-0.39, 0.29) is 17.6 Å². The van der Waals surface area contributed by atoms with Gasteiger partial charge in [0.25, 0.3) is 0 Å². The highest BCUT2D eigenvalue weighted by Crippen LogP contribution is 2.41. The summed E-state index contributed by atoms with van der Waals surface area (Å²) >= 11 is 0. The van der Waals surface area contributed by atoms with E-state index in [2.05, 4.69) is 5.32 Å². The van der Waals surface area contributed by atoms with Gasteiger partial charge < -0.3 is 10.1 Å². The molecule has 1 N–H and O–H groups in total. The number of nitrogens with one attached hydrogen (secondary N) is 1. The molecule has 0 aliphatic heterocycles. The van der Waals surface area contributed by atoms with Gasteiger partial charge in [0, 0.05) is 18.0 Å². The highest BCUT2D eigenvalue weighted by molar-refractivity contribution is 5.61. The van der Waals surface area contributed by atoms with Gasteiger partial charge in [-0.25, -0.2) is 8.78 Å². The summed E-state index contributed by atoms with van der Waals surface area (Å²) in [5.41, 5.74) is 3.78. The van der Waals surface area contributed by atoms with Crippen LogP contribution in [0, 0.1) is 18.6 Å². The summed E-state index contributed by atoms with van der Waals surface area (Å²) in [6, 6.07) is 10.1. The van der Waals surface area contributed by atoms with Crippen molar-refractivity contribution in [1.82, 2.24) is 5.32 Å². The smallest absolute Gasteiger partial charge is 0.130 e.